The van der Waals surface area contributed by atoms with Crippen molar-refractivity contribution in [3.63, 3.8) is 0 Å². The summed E-state index contributed by atoms with van der Waals surface area (Å²) in [5.74, 6) is -0.168. The van der Waals surface area contributed by atoms with Gasteiger partial charge in [-0.05, 0) is 24.6 Å². The number of nitrogens with one attached hydrogen (secondary N) is 1. The van der Waals surface area contributed by atoms with E-state index in [9.17, 15) is 13.2 Å². The molecule has 0 amide bonds. The van der Waals surface area contributed by atoms with Gasteiger partial charge >= 0.3 is 6.36 Å². The zero-order valence-electron chi connectivity index (χ0n) is 11.5. The molecule has 0 bridgehead atoms. The maximum absolute atomic E-state index is 12.3. The first-order valence-corrected chi connectivity index (χ1v) is 6.46. The average Bonchev–Trinajstić information content (AvgIpc) is 2.80. The van der Waals surface area contributed by atoms with Gasteiger partial charge in [-0.15, -0.1) is 13.2 Å². The Balaban J connectivity index is 1.85. The van der Waals surface area contributed by atoms with Gasteiger partial charge in [0.15, 0.2) is 0 Å². The third-order valence-electron chi connectivity index (χ3n) is 2.86. The van der Waals surface area contributed by atoms with Gasteiger partial charge in [-0.1, -0.05) is 18.2 Å². The van der Waals surface area contributed by atoms with Crippen LogP contribution in [0.4, 0.5) is 13.2 Å². The van der Waals surface area contributed by atoms with Gasteiger partial charge in [0, 0.05) is 25.4 Å². The van der Waals surface area contributed by atoms with Gasteiger partial charge in [0.25, 0.3) is 0 Å². The van der Waals surface area contributed by atoms with E-state index in [1.807, 2.05) is 13.2 Å². The summed E-state index contributed by atoms with van der Waals surface area (Å²) >= 11 is 0. The molecule has 0 spiro atoms. The molecule has 21 heavy (non-hydrogen) atoms. The average molecular weight is 299 g/mol. The smallest absolute Gasteiger partial charge is 0.405 e. The van der Waals surface area contributed by atoms with E-state index in [1.54, 1.807) is 23.0 Å². The normalized spacial score (nSPS) is 11.6. The molecule has 0 fully saturated rings. The Morgan fingerprint density at radius 2 is 2.05 bits per heavy atom. The first kappa shape index (κ1) is 15.4. The van der Waals surface area contributed by atoms with Crippen LogP contribution in [0.3, 0.4) is 0 Å². The monoisotopic (exact) mass is 299 g/mol. The van der Waals surface area contributed by atoms with Gasteiger partial charge in [-0.2, -0.15) is 5.10 Å². The lowest BCUT2D eigenvalue weighted by Gasteiger charge is -2.13. The molecule has 0 unspecified atom stereocenters. The molecule has 0 aliphatic heterocycles. The van der Waals surface area contributed by atoms with Crippen LogP contribution in [0.1, 0.15) is 11.1 Å². The molecular formula is C14H16F3N3O. The van der Waals surface area contributed by atoms with Gasteiger partial charge < -0.3 is 10.1 Å². The van der Waals surface area contributed by atoms with Crippen LogP contribution in [0.15, 0.2) is 36.7 Å². The van der Waals surface area contributed by atoms with Crippen molar-refractivity contribution in [1.82, 2.24) is 15.1 Å². The van der Waals surface area contributed by atoms with Crippen LogP contribution >= 0.6 is 0 Å². The predicted octanol–water partition coefficient (Wildman–Crippen LogP) is 2.65. The van der Waals surface area contributed by atoms with E-state index >= 15 is 0 Å². The topological polar surface area (TPSA) is 39.1 Å². The number of aryl methyl sites for hydroxylation is 1. The Morgan fingerprint density at radius 1 is 1.29 bits per heavy atom. The molecule has 0 saturated heterocycles. The van der Waals surface area contributed by atoms with Crippen molar-refractivity contribution in [1.29, 1.82) is 0 Å². The van der Waals surface area contributed by atoms with Crippen molar-refractivity contribution in [3.8, 4) is 5.75 Å². The second kappa shape index (κ2) is 6.62. The number of alkyl halides is 3. The van der Waals surface area contributed by atoms with Crippen molar-refractivity contribution in [3.05, 3.63) is 47.8 Å². The minimum absolute atomic E-state index is 0.168. The molecule has 1 aromatic heterocycles. The van der Waals surface area contributed by atoms with E-state index in [4.69, 9.17) is 0 Å². The van der Waals surface area contributed by atoms with Crippen molar-refractivity contribution < 1.29 is 17.9 Å². The van der Waals surface area contributed by atoms with Crippen LogP contribution in [0.2, 0.25) is 0 Å². The quantitative estimate of drug-likeness (QED) is 0.834. The standard InChI is InChI=1S/C14H16F3N3O/c1-20-10-11(8-19-20)6-7-18-9-12-4-2-3-5-13(12)21-14(15,16)17/h2-5,8,10,18H,6-7,9H2,1H3. The summed E-state index contributed by atoms with van der Waals surface area (Å²) < 4.78 is 42.6. The minimum Gasteiger partial charge on any atom is -0.405 e. The molecular weight excluding hydrogens is 283 g/mol. The number of halogens is 3. The first-order chi connectivity index (χ1) is 9.94. The van der Waals surface area contributed by atoms with Crippen LogP contribution in [0.5, 0.6) is 5.75 Å². The number of nitrogens with zero attached hydrogens (tertiary/aromatic N) is 2. The van der Waals surface area contributed by atoms with Crippen molar-refractivity contribution in [2.24, 2.45) is 7.05 Å². The number of aromatic nitrogens is 2. The van der Waals surface area contributed by atoms with E-state index in [2.05, 4.69) is 15.2 Å². The molecule has 0 aliphatic carbocycles. The zero-order chi connectivity index (χ0) is 15.3. The SMILES string of the molecule is Cn1cc(CCNCc2ccccc2OC(F)(F)F)cn1. The first-order valence-electron chi connectivity index (χ1n) is 6.46. The lowest BCUT2D eigenvalue weighted by atomic mass is 10.2. The molecule has 7 heteroatoms. The second-order valence-electron chi connectivity index (χ2n) is 4.60. The van der Waals surface area contributed by atoms with E-state index in [1.165, 1.54) is 12.1 Å². The molecule has 1 heterocycles. The third-order valence-corrected chi connectivity index (χ3v) is 2.86. The molecule has 2 rings (SSSR count). The van der Waals surface area contributed by atoms with Gasteiger partial charge in [-0.3, -0.25) is 4.68 Å². The summed E-state index contributed by atoms with van der Waals surface area (Å²) in [4.78, 5) is 0. The molecule has 0 aliphatic rings. The Labute approximate surface area is 120 Å². The van der Waals surface area contributed by atoms with E-state index in [-0.39, 0.29) is 5.75 Å². The highest BCUT2D eigenvalue weighted by Crippen LogP contribution is 2.25. The van der Waals surface area contributed by atoms with Crippen LogP contribution in [-0.2, 0) is 20.0 Å². The van der Waals surface area contributed by atoms with Crippen molar-refractivity contribution in [2.45, 2.75) is 19.3 Å². The number of benzene rings is 1. The second-order valence-corrected chi connectivity index (χ2v) is 4.60. The zero-order valence-corrected chi connectivity index (χ0v) is 11.5. The van der Waals surface area contributed by atoms with Crippen LogP contribution < -0.4 is 10.1 Å². The molecule has 4 nitrogen and oxygen atoms in total. The maximum atomic E-state index is 12.3. The van der Waals surface area contributed by atoms with Crippen LogP contribution in [0.25, 0.3) is 0 Å². The summed E-state index contributed by atoms with van der Waals surface area (Å²) in [7, 11) is 1.83. The van der Waals surface area contributed by atoms with E-state index in [0.29, 0.717) is 18.7 Å². The number of hydrogen-bond donors (Lipinski definition) is 1. The van der Waals surface area contributed by atoms with Gasteiger partial charge in [0.2, 0.25) is 0 Å². The number of hydrogen-bond acceptors (Lipinski definition) is 3. The summed E-state index contributed by atoms with van der Waals surface area (Å²) in [6, 6.07) is 6.12. The Bertz CT molecular complexity index is 581. The Kier molecular flexibility index (Phi) is 4.85. The maximum Gasteiger partial charge on any atom is 0.573 e. The largest absolute Gasteiger partial charge is 0.573 e. The summed E-state index contributed by atoms with van der Waals surface area (Å²) in [6.07, 6.45) is -0.243. The lowest BCUT2D eigenvalue weighted by molar-refractivity contribution is -0.274. The molecule has 1 aromatic carbocycles. The van der Waals surface area contributed by atoms with Gasteiger partial charge in [-0.25, -0.2) is 0 Å². The number of ether oxygens (including phenoxy) is 1. The molecule has 0 saturated carbocycles. The lowest BCUT2D eigenvalue weighted by Crippen LogP contribution is -2.21. The summed E-state index contributed by atoms with van der Waals surface area (Å²) in [5, 5.41) is 7.15. The molecule has 0 atom stereocenters. The fraction of sp³-hybridized carbons (Fsp3) is 0.357. The molecule has 1 N–H and O–H groups in total. The highest BCUT2D eigenvalue weighted by atomic mass is 19.4. The van der Waals surface area contributed by atoms with Crippen molar-refractivity contribution in [2.75, 3.05) is 6.54 Å². The Morgan fingerprint density at radius 3 is 2.71 bits per heavy atom. The molecule has 2 aromatic rings. The highest BCUT2D eigenvalue weighted by Gasteiger charge is 2.31. The third kappa shape index (κ3) is 5.11. The summed E-state index contributed by atoms with van der Waals surface area (Å²) in [6.45, 7) is 0.957. The van der Waals surface area contributed by atoms with Gasteiger partial charge in [0.05, 0.1) is 6.20 Å². The van der Waals surface area contributed by atoms with Crippen LogP contribution in [0, 0.1) is 0 Å². The fourth-order valence-corrected chi connectivity index (χ4v) is 1.93. The highest BCUT2D eigenvalue weighted by molar-refractivity contribution is 5.33. The number of rotatable bonds is 6. The minimum atomic E-state index is -4.67. The molecule has 0 radical (unpaired) electrons. The van der Waals surface area contributed by atoms with E-state index in [0.717, 1.165) is 12.0 Å². The molecule has 114 valence electrons. The van der Waals surface area contributed by atoms with Gasteiger partial charge in [0.1, 0.15) is 5.75 Å². The van der Waals surface area contributed by atoms with E-state index < -0.39 is 6.36 Å². The predicted molar refractivity (Wildman–Crippen MR) is 71.7 cm³/mol. The fourth-order valence-electron chi connectivity index (χ4n) is 1.93. The number of para-hydroxylation sites is 1. The van der Waals surface area contributed by atoms with Crippen LogP contribution in [-0.4, -0.2) is 22.7 Å². The summed E-state index contributed by atoms with van der Waals surface area (Å²) in [5.41, 5.74) is 1.55. The Hall–Kier alpha value is -2.02. The van der Waals surface area contributed by atoms with Crippen molar-refractivity contribution >= 4 is 0 Å².